The SMILES string of the molecule is CCN(C)C=Nc1cc(C#N)c(OC2CCCCC2)nc1C. The molecule has 0 saturated heterocycles. The zero-order chi connectivity index (χ0) is 15.9. The molecule has 5 heteroatoms. The number of hydrogen-bond acceptors (Lipinski definition) is 4. The van der Waals surface area contributed by atoms with Crippen LogP contribution in [0.3, 0.4) is 0 Å². The van der Waals surface area contributed by atoms with Gasteiger partial charge in [-0.3, -0.25) is 0 Å². The lowest BCUT2D eigenvalue weighted by Crippen LogP contribution is -2.20. The van der Waals surface area contributed by atoms with Gasteiger partial charge in [-0.25, -0.2) is 9.98 Å². The second-order valence-corrected chi connectivity index (χ2v) is 5.75. The van der Waals surface area contributed by atoms with Crippen molar-refractivity contribution in [1.29, 1.82) is 5.26 Å². The van der Waals surface area contributed by atoms with E-state index >= 15 is 0 Å². The largest absolute Gasteiger partial charge is 0.473 e. The molecule has 1 aliphatic carbocycles. The fourth-order valence-electron chi connectivity index (χ4n) is 2.46. The van der Waals surface area contributed by atoms with Gasteiger partial charge in [0.25, 0.3) is 0 Å². The maximum absolute atomic E-state index is 9.35. The first kappa shape index (κ1) is 16.3. The van der Waals surface area contributed by atoms with E-state index in [4.69, 9.17) is 4.74 Å². The Morgan fingerprint density at radius 2 is 2.18 bits per heavy atom. The van der Waals surface area contributed by atoms with Crippen LogP contribution in [-0.2, 0) is 0 Å². The number of nitriles is 1. The van der Waals surface area contributed by atoms with Crippen molar-refractivity contribution in [3.8, 4) is 11.9 Å². The highest BCUT2D eigenvalue weighted by atomic mass is 16.5. The van der Waals surface area contributed by atoms with Gasteiger partial charge in [0.1, 0.15) is 17.7 Å². The Kier molecular flexibility index (Phi) is 5.76. The van der Waals surface area contributed by atoms with Gasteiger partial charge in [-0.05, 0) is 45.6 Å². The van der Waals surface area contributed by atoms with E-state index in [1.807, 2.05) is 18.9 Å². The maximum atomic E-state index is 9.35. The van der Waals surface area contributed by atoms with E-state index in [-0.39, 0.29) is 6.10 Å². The van der Waals surface area contributed by atoms with Gasteiger partial charge in [-0.1, -0.05) is 6.42 Å². The second kappa shape index (κ2) is 7.79. The van der Waals surface area contributed by atoms with Gasteiger partial charge in [-0.2, -0.15) is 5.26 Å². The van der Waals surface area contributed by atoms with Crippen molar-refractivity contribution in [2.45, 2.75) is 52.1 Å². The van der Waals surface area contributed by atoms with Gasteiger partial charge in [-0.15, -0.1) is 0 Å². The number of aromatic nitrogens is 1. The summed E-state index contributed by atoms with van der Waals surface area (Å²) in [6.07, 6.45) is 7.70. The number of aliphatic imine (C=N–C) groups is 1. The molecule has 0 atom stereocenters. The van der Waals surface area contributed by atoms with Crippen LogP contribution in [0.25, 0.3) is 0 Å². The van der Waals surface area contributed by atoms with Crippen LogP contribution in [0.4, 0.5) is 5.69 Å². The predicted molar refractivity (Wildman–Crippen MR) is 87.6 cm³/mol. The predicted octanol–water partition coefficient (Wildman–Crippen LogP) is 3.58. The van der Waals surface area contributed by atoms with Crippen LogP contribution >= 0.6 is 0 Å². The summed E-state index contributed by atoms with van der Waals surface area (Å²) >= 11 is 0. The zero-order valence-electron chi connectivity index (χ0n) is 13.7. The summed E-state index contributed by atoms with van der Waals surface area (Å²) in [6, 6.07) is 3.94. The van der Waals surface area contributed by atoms with E-state index in [0.29, 0.717) is 17.1 Å². The Labute approximate surface area is 132 Å². The Hall–Kier alpha value is -2.09. The lowest BCUT2D eigenvalue weighted by Gasteiger charge is -2.23. The molecule has 1 aromatic rings. The van der Waals surface area contributed by atoms with E-state index in [2.05, 4.69) is 23.0 Å². The summed E-state index contributed by atoms with van der Waals surface area (Å²) in [7, 11) is 1.96. The van der Waals surface area contributed by atoms with Crippen LogP contribution in [0, 0.1) is 18.3 Å². The normalized spacial score (nSPS) is 15.7. The van der Waals surface area contributed by atoms with Crippen LogP contribution in [0.2, 0.25) is 0 Å². The molecule has 0 N–H and O–H groups in total. The van der Waals surface area contributed by atoms with Crippen molar-refractivity contribution in [2.75, 3.05) is 13.6 Å². The van der Waals surface area contributed by atoms with Crippen LogP contribution in [0.1, 0.15) is 50.3 Å². The van der Waals surface area contributed by atoms with Gasteiger partial charge in [0.2, 0.25) is 5.88 Å². The molecule has 1 heterocycles. The topological polar surface area (TPSA) is 61.5 Å². The monoisotopic (exact) mass is 300 g/mol. The minimum absolute atomic E-state index is 0.188. The summed E-state index contributed by atoms with van der Waals surface area (Å²) < 4.78 is 5.96. The van der Waals surface area contributed by atoms with Crippen LogP contribution in [-0.4, -0.2) is 35.9 Å². The number of nitrogens with zero attached hydrogens (tertiary/aromatic N) is 4. The molecule has 0 aliphatic heterocycles. The summed E-state index contributed by atoms with van der Waals surface area (Å²) in [4.78, 5) is 10.8. The van der Waals surface area contributed by atoms with Gasteiger partial charge >= 0.3 is 0 Å². The smallest absolute Gasteiger partial charge is 0.232 e. The molecule has 5 nitrogen and oxygen atoms in total. The molecule has 1 aromatic heterocycles. The lowest BCUT2D eigenvalue weighted by molar-refractivity contribution is 0.148. The first-order valence-corrected chi connectivity index (χ1v) is 7.97. The highest BCUT2D eigenvalue weighted by molar-refractivity contribution is 5.63. The Balaban J connectivity index is 2.19. The third-order valence-electron chi connectivity index (χ3n) is 4.00. The molecular formula is C17H24N4O. The lowest BCUT2D eigenvalue weighted by atomic mass is 9.98. The maximum Gasteiger partial charge on any atom is 0.232 e. The summed E-state index contributed by atoms with van der Waals surface area (Å²) in [6.45, 7) is 4.83. The van der Waals surface area contributed by atoms with Crippen molar-refractivity contribution in [3.05, 3.63) is 17.3 Å². The highest BCUT2D eigenvalue weighted by Crippen LogP contribution is 2.28. The molecule has 0 bridgehead atoms. The molecule has 1 aliphatic rings. The van der Waals surface area contributed by atoms with Gasteiger partial charge in [0.05, 0.1) is 17.7 Å². The molecule has 118 valence electrons. The quantitative estimate of drug-likeness (QED) is 0.616. The van der Waals surface area contributed by atoms with Crippen LogP contribution < -0.4 is 4.74 Å². The minimum Gasteiger partial charge on any atom is -0.473 e. The molecule has 2 rings (SSSR count). The molecule has 1 fully saturated rings. The molecule has 0 unspecified atom stereocenters. The summed E-state index contributed by atoms with van der Waals surface area (Å²) in [5.41, 5.74) is 1.96. The number of pyridine rings is 1. The molecular weight excluding hydrogens is 276 g/mol. The minimum atomic E-state index is 0.188. The van der Waals surface area contributed by atoms with Crippen molar-refractivity contribution >= 4 is 12.0 Å². The molecule has 0 spiro atoms. The van der Waals surface area contributed by atoms with E-state index in [0.717, 1.165) is 25.1 Å². The van der Waals surface area contributed by atoms with Gasteiger partial charge < -0.3 is 9.64 Å². The molecule has 1 saturated carbocycles. The second-order valence-electron chi connectivity index (χ2n) is 5.75. The van der Waals surface area contributed by atoms with Crippen molar-refractivity contribution in [1.82, 2.24) is 9.88 Å². The van der Waals surface area contributed by atoms with E-state index < -0.39 is 0 Å². The Morgan fingerprint density at radius 3 is 2.82 bits per heavy atom. The molecule has 0 amide bonds. The zero-order valence-corrected chi connectivity index (χ0v) is 13.7. The fourth-order valence-corrected chi connectivity index (χ4v) is 2.46. The fraction of sp³-hybridized carbons (Fsp3) is 0.588. The average molecular weight is 300 g/mol. The van der Waals surface area contributed by atoms with Crippen molar-refractivity contribution in [2.24, 2.45) is 4.99 Å². The standard InChI is InChI=1S/C17H24N4O/c1-4-21(3)12-19-16-10-14(11-18)17(20-13(16)2)22-15-8-6-5-7-9-15/h10,12,15H,4-9H2,1-3H3. The number of rotatable bonds is 5. The van der Waals surface area contributed by atoms with Crippen molar-refractivity contribution in [3.63, 3.8) is 0 Å². The van der Waals surface area contributed by atoms with E-state index in [1.54, 1.807) is 12.4 Å². The van der Waals surface area contributed by atoms with E-state index in [1.165, 1.54) is 19.3 Å². The first-order chi connectivity index (χ1) is 10.6. The highest BCUT2D eigenvalue weighted by Gasteiger charge is 2.18. The number of hydrogen-bond donors (Lipinski definition) is 0. The molecule has 0 radical (unpaired) electrons. The Bertz CT molecular complexity index is 571. The first-order valence-electron chi connectivity index (χ1n) is 7.97. The van der Waals surface area contributed by atoms with E-state index in [9.17, 15) is 5.26 Å². The van der Waals surface area contributed by atoms with Crippen LogP contribution in [0.5, 0.6) is 5.88 Å². The van der Waals surface area contributed by atoms with Gasteiger partial charge in [0.15, 0.2) is 0 Å². The molecule has 0 aromatic carbocycles. The van der Waals surface area contributed by atoms with Gasteiger partial charge in [0, 0.05) is 13.6 Å². The number of ether oxygens (including phenoxy) is 1. The Morgan fingerprint density at radius 1 is 1.45 bits per heavy atom. The third kappa shape index (κ3) is 4.20. The summed E-state index contributed by atoms with van der Waals surface area (Å²) in [5.74, 6) is 0.453. The third-order valence-corrected chi connectivity index (χ3v) is 4.00. The van der Waals surface area contributed by atoms with Crippen molar-refractivity contribution < 1.29 is 4.74 Å². The summed E-state index contributed by atoms with van der Waals surface area (Å²) in [5, 5.41) is 9.35. The number of aryl methyl sites for hydroxylation is 1. The average Bonchev–Trinajstić information content (AvgIpc) is 2.54. The molecule has 22 heavy (non-hydrogen) atoms. The van der Waals surface area contributed by atoms with Crippen LogP contribution in [0.15, 0.2) is 11.1 Å².